The summed E-state index contributed by atoms with van der Waals surface area (Å²) in [4.78, 5) is 11.7. The summed E-state index contributed by atoms with van der Waals surface area (Å²) in [6.45, 7) is 4.57. The van der Waals surface area contributed by atoms with Crippen molar-refractivity contribution in [2.24, 2.45) is 5.73 Å². The molecule has 7 heteroatoms. The van der Waals surface area contributed by atoms with Gasteiger partial charge in [0.2, 0.25) is 0 Å². The average Bonchev–Trinajstić information content (AvgIpc) is 2.85. The van der Waals surface area contributed by atoms with Gasteiger partial charge in [-0.15, -0.1) is 5.10 Å². The SMILES string of the molecule is CCC(N)C(Sc1n[nH]c(=O)n1CC)c1ccccc1Br. The van der Waals surface area contributed by atoms with Gasteiger partial charge in [-0.2, -0.15) is 0 Å². The van der Waals surface area contributed by atoms with Gasteiger partial charge in [0.1, 0.15) is 0 Å². The van der Waals surface area contributed by atoms with E-state index in [4.69, 9.17) is 5.73 Å². The highest BCUT2D eigenvalue weighted by atomic mass is 79.9. The molecule has 3 N–H and O–H groups in total. The summed E-state index contributed by atoms with van der Waals surface area (Å²) < 4.78 is 2.64. The van der Waals surface area contributed by atoms with Crippen LogP contribution >= 0.6 is 27.7 Å². The zero-order valence-corrected chi connectivity index (χ0v) is 14.4. The molecule has 0 fully saturated rings. The van der Waals surface area contributed by atoms with Gasteiger partial charge < -0.3 is 5.73 Å². The molecule has 0 saturated heterocycles. The van der Waals surface area contributed by atoms with Crippen molar-refractivity contribution in [2.45, 2.75) is 43.3 Å². The maximum Gasteiger partial charge on any atom is 0.343 e. The van der Waals surface area contributed by atoms with Crippen molar-refractivity contribution in [3.05, 3.63) is 44.8 Å². The molecule has 114 valence electrons. The number of aromatic nitrogens is 3. The fraction of sp³-hybridized carbons (Fsp3) is 0.429. The van der Waals surface area contributed by atoms with E-state index in [0.717, 1.165) is 16.5 Å². The predicted octanol–water partition coefficient (Wildman–Crippen LogP) is 2.92. The Morgan fingerprint density at radius 1 is 1.43 bits per heavy atom. The molecule has 5 nitrogen and oxygen atoms in total. The van der Waals surface area contributed by atoms with Crippen LogP contribution in [0.4, 0.5) is 0 Å². The molecule has 0 aliphatic rings. The van der Waals surface area contributed by atoms with Crippen LogP contribution in [0, 0.1) is 0 Å². The van der Waals surface area contributed by atoms with Crippen LogP contribution in [0.2, 0.25) is 0 Å². The van der Waals surface area contributed by atoms with E-state index in [9.17, 15) is 4.79 Å². The standard InChI is InChI=1S/C14H19BrN4OS/c1-3-11(16)12(9-7-5-6-8-10(9)15)21-14-18-17-13(20)19(14)4-2/h5-8,11-12H,3-4,16H2,1-2H3,(H,17,20). The number of halogens is 1. The maximum atomic E-state index is 11.7. The Labute approximate surface area is 136 Å². The number of aromatic amines is 1. The predicted molar refractivity (Wildman–Crippen MR) is 89.5 cm³/mol. The van der Waals surface area contributed by atoms with Crippen molar-refractivity contribution in [3.63, 3.8) is 0 Å². The molecule has 0 aliphatic heterocycles. The highest BCUT2D eigenvalue weighted by molar-refractivity contribution is 9.10. The minimum atomic E-state index is -0.184. The third-order valence-corrected chi connectivity index (χ3v) is 5.45. The van der Waals surface area contributed by atoms with Gasteiger partial charge in [0.25, 0.3) is 0 Å². The number of hydrogen-bond donors (Lipinski definition) is 2. The number of benzene rings is 1. The van der Waals surface area contributed by atoms with Crippen molar-refractivity contribution in [1.82, 2.24) is 14.8 Å². The molecule has 21 heavy (non-hydrogen) atoms. The Morgan fingerprint density at radius 2 is 2.14 bits per heavy atom. The minimum absolute atomic E-state index is 0.0224. The number of nitrogens with zero attached hydrogens (tertiary/aromatic N) is 2. The van der Waals surface area contributed by atoms with Crippen LogP contribution in [-0.2, 0) is 6.54 Å². The fourth-order valence-electron chi connectivity index (χ4n) is 2.09. The molecule has 1 aromatic heterocycles. The molecule has 2 unspecified atom stereocenters. The lowest BCUT2D eigenvalue weighted by Crippen LogP contribution is -2.26. The molecule has 0 amide bonds. The molecular weight excluding hydrogens is 352 g/mol. The zero-order valence-electron chi connectivity index (χ0n) is 12.0. The second-order valence-corrected chi connectivity index (χ2v) is 6.65. The number of thioether (sulfide) groups is 1. The quantitative estimate of drug-likeness (QED) is 0.766. The fourth-order valence-corrected chi connectivity index (χ4v) is 4.13. The van der Waals surface area contributed by atoms with E-state index in [-0.39, 0.29) is 17.0 Å². The maximum absolute atomic E-state index is 11.7. The highest BCUT2D eigenvalue weighted by Gasteiger charge is 2.24. The molecule has 2 rings (SSSR count). The molecule has 2 atom stereocenters. The third kappa shape index (κ3) is 3.59. The molecule has 0 saturated carbocycles. The summed E-state index contributed by atoms with van der Waals surface area (Å²) in [6, 6.07) is 8.00. The Balaban J connectivity index is 2.38. The molecule has 0 spiro atoms. The van der Waals surface area contributed by atoms with Gasteiger partial charge in [0.15, 0.2) is 5.16 Å². The van der Waals surface area contributed by atoms with Crippen molar-refractivity contribution in [2.75, 3.05) is 0 Å². The molecule has 2 aromatic rings. The van der Waals surface area contributed by atoms with Gasteiger partial charge in [-0.3, -0.25) is 4.57 Å². The second-order valence-electron chi connectivity index (χ2n) is 4.69. The van der Waals surface area contributed by atoms with Gasteiger partial charge in [0.05, 0.1) is 5.25 Å². The summed E-state index contributed by atoms with van der Waals surface area (Å²) in [7, 11) is 0. The summed E-state index contributed by atoms with van der Waals surface area (Å²) in [6.07, 6.45) is 0.847. The first kappa shape index (κ1) is 16.3. The summed E-state index contributed by atoms with van der Waals surface area (Å²) in [5.41, 5.74) is 7.23. The van der Waals surface area contributed by atoms with Crippen LogP contribution in [0.5, 0.6) is 0 Å². The molecule has 0 radical (unpaired) electrons. The number of nitrogens with two attached hydrogens (primary N) is 1. The van der Waals surface area contributed by atoms with E-state index in [1.54, 1.807) is 4.57 Å². The van der Waals surface area contributed by atoms with Gasteiger partial charge in [-0.25, -0.2) is 9.89 Å². The number of H-pyrrole nitrogens is 1. The van der Waals surface area contributed by atoms with Crippen LogP contribution in [0.3, 0.4) is 0 Å². The lowest BCUT2D eigenvalue weighted by atomic mass is 10.0. The van der Waals surface area contributed by atoms with Crippen molar-refractivity contribution >= 4 is 27.7 Å². The van der Waals surface area contributed by atoms with Crippen LogP contribution in [0.15, 0.2) is 38.7 Å². The first-order valence-corrected chi connectivity index (χ1v) is 8.57. The molecule has 1 heterocycles. The Hall–Kier alpha value is -1.05. The topological polar surface area (TPSA) is 76.7 Å². The Morgan fingerprint density at radius 3 is 2.76 bits per heavy atom. The van der Waals surface area contributed by atoms with Gasteiger partial charge in [0, 0.05) is 17.1 Å². The molecule has 1 aromatic carbocycles. The molecule has 0 aliphatic carbocycles. The Bertz CT molecular complexity index is 654. The van der Waals surface area contributed by atoms with E-state index in [1.165, 1.54) is 11.8 Å². The monoisotopic (exact) mass is 370 g/mol. The zero-order chi connectivity index (χ0) is 15.4. The lowest BCUT2D eigenvalue weighted by molar-refractivity contribution is 0.620. The van der Waals surface area contributed by atoms with Gasteiger partial charge in [-0.05, 0) is 25.0 Å². The summed E-state index contributed by atoms with van der Waals surface area (Å²) >= 11 is 5.11. The van der Waals surface area contributed by atoms with Gasteiger partial charge >= 0.3 is 5.69 Å². The number of rotatable bonds is 6. The first-order chi connectivity index (χ1) is 10.1. The van der Waals surface area contributed by atoms with Crippen LogP contribution in [0.1, 0.15) is 31.1 Å². The van der Waals surface area contributed by atoms with Crippen molar-refractivity contribution < 1.29 is 0 Å². The van der Waals surface area contributed by atoms with E-state index in [2.05, 4.69) is 39.1 Å². The van der Waals surface area contributed by atoms with Crippen LogP contribution in [0.25, 0.3) is 0 Å². The van der Waals surface area contributed by atoms with E-state index in [0.29, 0.717) is 11.7 Å². The lowest BCUT2D eigenvalue weighted by Gasteiger charge is -2.23. The van der Waals surface area contributed by atoms with Crippen LogP contribution in [-0.4, -0.2) is 20.8 Å². The summed E-state index contributed by atoms with van der Waals surface area (Å²) in [5.74, 6) is 0. The normalized spacial score (nSPS) is 14.1. The minimum Gasteiger partial charge on any atom is -0.326 e. The third-order valence-electron chi connectivity index (χ3n) is 3.34. The van der Waals surface area contributed by atoms with Gasteiger partial charge in [-0.1, -0.05) is 52.8 Å². The van der Waals surface area contributed by atoms with E-state index in [1.807, 2.05) is 25.1 Å². The average molecular weight is 371 g/mol. The molecule has 0 bridgehead atoms. The highest BCUT2D eigenvalue weighted by Crippen LogP contribution is 2.39. The first-order valence-electron chi connectivity index (χ1n) is 6.90. The smallest absolute Gasteiger partial charge is 0.326 e. The van der Waals surface area contributed by atoms with Crippen LogP contribution < -0.4 is 11.4 Å². The Kier molecular flexibility index (Phi) is 5.66. The molecular formula is C14H19BrN4OS. The second kappa shape index (κ2) is 7.29. The van der Waals surface area contributed by atoms with Crippen molar-refractivity contribution in [1.29, 1.82) is 0 Å². The van der Waals surface area contributed by atoms with E-state index >= 15 is 0 Å². The number of hydrogen-bond acceptors (Lipinski definition) is 4. The van der Waals surface area contributed by atoms with Crippen molar-refractivity contribution in [3.8, 4) is 0 Å². The largest absolute Gasteiger partial charge is 0.343 e. The number of nitrogens with one attached hydrogen (secondary N) is 1. The summed E-state index contributed by atoms with van der Waals surface area (Å²) in [5, 5.41) is 7.32. The van der Waals surface area contributed by atoms with E-state index < -0.39 is 0 Å².